The Morgan fingerprint density at radius 3 is 2.64 bits per heavy atom. The second kappa shape index (κ2) is 8.74. The summed E-state index contributed by atoms with van der Waals surface area (Å²) in [5.41, 5.74) is 1.08. The summed E-state index contributed by atoms with van der Waals surface area (Å²) in [6.45, 7) is 0.534. The zero-order valence-corrected chi connectivity index (χ0v) is 16.7. The van der Waals surface area contributed by atoms with Gasteiger partial charge in [0.25, 0.3) is 0 Å². The third-order valence-electron chi connectivity index (χ3n) is 4.67. The fourth-order valence-corrected chi connectivity index (χ4v) is 4.95. The number of amides is 1. The molecule has 6 nitrogen and oxygen atoms in total. The van der Waals surface area contributed by atoms with E-state index in [9.17, 15) is 13.2 Å². The second-order valence-electron chi connectivity index (χ2n) is 6.62. The van der Waals surface area contributed by atoms with E-state index in [4.69, 9.17) is 16.9 Å². The van der Waals surface area contributed by atoms with Crippen LogP contribution in [0.25, 0.3) is 0 Å². The van der Waals surface area contributed by atoms with Gasteiger partial charge >= 0.3 is 0 Å². The summed E-state index contributed by atoms with van der Waals surface area (Å²) < 4.78 is 28.0. The van der Waals surface area contributed by atoms with Gasteiger partial charge in [-0.25, -0.2) is 8.42 Å². The number of carbonyl (C=O) groups excluding carboxylic acids is 1. The van der Waals surface area contributed by atoms with Crippen molar-refractivity contribution in [3.05, 3.63) is 64.7 Å². The van der Waals surface area contributed by atoms with E-state index in [1.165, 1.54) is 28.6 Å². The van der Waals surface area contributed by atoms with Gasteiger partial charge in [0.1, 0.15) is 6.04 Å². The minimum atomic E-state index is -3.95. The molecular formula is C20H20ClN3O3S. The molecule has 0 bridgehead atoms. The van der Waals surface area contributed by atoms with Crippen molar-refractivity contribution in [1.82, 2.24) is 9.62 Å². The zero-order valence-electron chi connectivity index (χ0n) is 15.1. The molecule has 1 fully saturated rings. The largest absolute Gasteiger partial charge is 0.355 e. The highest BCUT2D eigenvalue weighted by atomic mass is 35.5. The molecule has 1 saturated heterocycles. The maximum Gasteiger partial charge on any atom is 0.244 e. The lowest BCUT2D eigenvalue weighted by Gasteiger charge is -2.29. The van der Waals surface area contributed by atoms with E-state index in [0.717, 1.165) is 12.8 Å². The number of hydrogen-bond acceptors (Lipinski definition) is 4. The van der Waals surface area contributed by atoms with Crippen LogP contribution >= 0.6 is 11.6 Å². The van der Waals surface area contributed by atoms with Gasteiger partial charge in [-0.15, -0.1) is 0 Å². The summed E-state index contributed by atoms with van der Waals surface area (Å²) in [5.74, 6) is -0.300. The highest BCUT2D eigenvalue weighted by Crippen LogP contribution is 2.26. The lowest BCUT2D eigenvalue weighted by molar-refractivity contribution is -0.124. The first-order chi connectivity index (χ1) is 13.4. The van der Waals surface area contributed by atoms with Crippen LogP contribution in [-0.2, 0) is 21.4 Å². The van der Waals surface area contributed by atoms with E-state index >= 15 is 0 Å². The molecule has 1 N–H and O–H groups in total. The molecule has 3 rings (SSSR count). The minimum absolute atomic E-state index is 0.00142. The quantitative estimate of drug-likeness (QED) is 0.809. The molecule has 0 radical (unpaired) electrons. The Morgan fingerprint density at radius 2 is 1.93 bits per heavy atom. The number of nitrogens with zero attached hydrogens (tertiary/aromatic N) is 2. The van der Waals surface area contributed by atoms with Crippen molar-refractivity contribution in [3.63, 3.8) is 0 Å². The molecule has 0 spiro atoms. The minimum Gasteiger partial charge on any atom is -0.355 e. The number of sulfonamides is 1. The number of rotatable bonds is 5. The fraction of sp³-hybridized carbons (Fsp3) is 0.300. The van der Waals surface area contributed by atoms with Crippen LogP contribution in [0.4, 0.5) is 0 Å². The summed E-state index contributed by atoms with van der Waals surface area (Å²) in [6.07, 6.45) is 1.99. The Hall–Kier alpha value is -2.40. The molecule has 1 amide bonds. The van der Waals surface area contributed by atoms with Crippen LogP contribution in [-0.4, -0.2) is 31.2 Å². The van der Waals surface area contributed by atoms with Crippen molar-refractivity contribution < 1.29 is 13.2 Å². The number of benzene rings is 2. The van der Waals surface area contributed by atoms with Crippen LogP contribution in [0.2, 0.25) is 5.02 Å². The zero-order chi connectivity index (χ0) is 20.1. The van der Waals surface area contributed by atoms with Gasteiger partial charge in [0.2, 0.25) is 15.9 Å². The summed E-state index contributed by atoms with van der Waals surface area (Å²) in [7, 11) is -3.95. The average molecular weight is 418 g/mol. The van der Waals surface area contributed by atoms with E-state index in [2.05, 4.69) is 11.4 Å². The third-order valence-corrected chi connectivity index (χ3v) is 6.79. The van der Waals surface area contributed by atoms with Gasteiger partial charge in [0, 0.05) is 18.1 Å². The topological polar surface area (TPSA) is 90.3 Å². The first kappa shape index (κ1) is 20.3. The van der Waals surface area contributed by atoms with Crippen LogP contribution in [0.1, 0.15) is 30.4 Å². The molecule has 8 heteroatoms. The van der Waals surface area contributed by atoms with Crippen LogP contribution in [0.5, 0.6) is 0 Å². The molecule has 0 aliphatic carbocycles. The Labute approximate surface area is 169 Å². The summed E-state index contributed by atoms with van der Waals surface area (Å²) >= 11 is 5.89. The summed E-state index contributed by atoms with van der Waals surface area (Å²) in [6, 6.07) is 13.9. The molecular weight excluding hydrogens is 398 g/mol. The first-order valence-corrected chi connectivity index (χ1v) is 10.8. The van der Waals surface area contributed by atoms with Gasteiger partial charge in [0.15, 0.2) is 0 Å². The van der Waals surface area contributed by atoms with Crippen molar-refractivity contribution >= 4 is 27.5 Å². The first-order valence-electron chi connectivity index (χ1n) is 8.96. The van der Waals surface area contributed by atoms with Gasteiger partial charge in [-0.3, -0.25) is 4.79 Å². The molecule has 2 aromatic carbocycles. The lowest BCUT2D eigenvalue weighted by Crippen LogP contribution is -2.48. The Kier molecular flexibility index (Phi) is 6.35. The van der Waals surface area contributed by atoms with E-state index in [1.54, 1.807) is 24.3 Å². The maximum atomic E-state index is 13.4. The summed E-state index contributed by atoms with van der Waals surface area (Å²) in [5, 5.41) is 12.4. The Bertz CT molecular complexity index is 1000. The van der Waals surface area contributed by atoms with Crippen molar-refractivity contribution in [1.29, 1.82) is 5.26 Å². The van der Waals surface area contributed by atoms with Crippen LogP contribution in [0, 0.1) is 11.3 Å². The molecule has 0 unspecified atom stereocenters. The molecule has 1 aliphatic heterocycles. The summed E-state index contributed by atoms with van der Waals surface area (Å²) in [4.78, 5) is 12.7. The van der Waals surface area contributed by atoms with Crippen molar-refractivity contribution in [2.24, 2.45) is 0 Å². The highest BCUT2D eigenvalue weighted by molar-refractivity contribution is 7.89. The van der Waals surface area contributed by atoms with Crippen molar-refractivity contribution in [2.45, 2.75) is 36.7 Å². The normalized spacial score (nSPS) is 17.6. The van der Waals surface area contributed by atoms with Crippen LogP contribution in [0.15, 0.2) is 53.4 Å². The van der Waals surface area contributed by atoms with Crippen molar-refractivity contribution in [2.75, 3.05) is 6.54 Å². The van der Waals surface area contributed by atoms with Gasteiger partial charge in [-0.1, -0.05) is 23.7 Å². The van der Waals surface area contributed by atoms with Gasteiger partial charge < -0.3 is 5.32 Å². The van der Waals surface area contributed by atoms with E-state index < -0.39 is 16.1 Å². The van der Waals surface area contributed by atoms with Gasteiger partial charge in [-0.05, 0) is 61.2 Å². The van der Waals surface area contributed by atoms with Crippen LogP contribution < -0.4 is 5.32 Å². The molecule has 1 heterocycles. The average Bonchev–Trinajstić information content (AvgIpc) is 2.90. The van der Waals surface area contributed by atoms with Crippen LogP contribution in [0.3, 0.4) is 0 Å². The number of halogens is 1. The molecule has 1 atom stereocenters. The molecule has 0 saturated carbocycles. The number of nitrogens with one attached hydrogen (secondary N) is 1. The standard InChI is InChI=1S/C20H20ClN3O3S/c21-17-7-9-18(10-8-17)28(26,27)24(19-6-1-2-11-23-20(19)25)14-16-5-3-4-15(12-16)13-22/h3-5,7-10,12,19H,1-2,6,11,14H2,(H,23,25)/t19-/m1/s1. The lowest BCUT2D eigenvalue weighted by atomic mass is 10.1. The second-order valence-corrected chi connectivity index (χ2v) is 8.95. The third kappa shape index (κ3) is 4.53. The van der Waals surface area contributed by atoms with E-state index in [1.807, 2.05) is 0 Å². The van der Waals surface area contributed by atoms with Crippen molar-refractivity contribution in [3.8, 4) is 6.07 Å². The van der Waals surface area contributed by atoms with E-state index in [0.29, 0.717) is 29.1 Å². The van der Waals surface area contributed by atoms with E-state index in [-0.39, 0.29) is 17.3 Å². The molecule has 28 heavy (non-hydrogen) atoms. The number of hydrogen-bond donors (Lipinski definition) is 1. The predicted octanol–water partition coefficient (Wildman–Crippen LogP) is 3.07. The fourth-order valence-electron chi connectivity index (χ4n) is 3.22. The predicted molar refractivity (Wildman–Crippen MR) is 106 cm³/mol. The number of nitriles is 1. The van der Waals surface area contributed by atoms with Gasteiger partial charge in [-0.2, -0.15) is 9.57 Å². The molecule has 1 aliphatic rings. The molecule has 0 aromatic heterocycles. The smallest absolute Gasteiger partial charge is 0.244 e. The number of carbonyl (C=O) groups is 1. The monoisotopic (exact) mass is 417 g/mol. The Morgan fingerprint density at radius 1 is 1.18 bits per heavy atom. The maximum absolute atomic E-state index is 13.4. The molecule has 146 valence electrons. The molecule has 2 aromatic rings. The van der Waals surface area contributed by atoms with Gasteiger partial charge in [0.05, 0.1) is 16.5 Å². The SMILES string of the molecule is N#Cc1cccc(CN([C@@H]2CCCCNC2=O)S(=O)(=O)c2ccc(Cl)cc2)c1. The Balaban J connectivity index is 2.03. The highest BCUT2D eigenvalue weighted by Gasteiger charge is 2.36.